The number of hydrogen-bond donors (Lipinski definition) is 2. The topological polar surface area (TPSA) is 140 Å². The Kier molecular flexibility index (Phi) is 6.11. The minimum Gasteiger partial charge on any atom is -0.474 e. The molecule has 33 heavy (non-hydrogen) atoms. The average Bonchev–Trinajstić information content (AvgIpc) is 3.40. The van der Waals surface area contributed by atoms with E-state index in [4.69, 9.17) is 25.7 Å². The van der Waals surface area contributed by atoms with Gasteiger partial charge in [-0.1, -0.05) is 5.22 Å². The van der Waals surface area contributed by atoms with Gasteiger partial charge in [-0.15, -0.1) is 5.11 Å². The van der Waals surface area contributed by atoms with E-state index in [2.05, 4.69) is 29.8 Å². The van der Waals surface area contributed by atoms with Gasteiger partial charge in [-0.3, -0.25) is 10.4 Å². The zero-order valence-electron chi connectivity index (χ0n) is 18.3. The van der Waals surface area contributed by atoms with E-state index in [-0.39, 0.29) is 13.4 Å². The predicted octanol–water partition coefficient (Wildman–Crippen LogP) is 3.12. The molecular weight excluding hydrogens is 422 g/mol. The molecule has 2 fully saturated rings. The predicted molar refractivity (Wildman–Crippen MR) is 125 cm³/mol. The van der Waals surface area contributed by atoms with Gasteiger partial charge in [0.15, 0.2) is 5.84 Å². The first-order valence-corrected chi connectivity index (χ1v) is 11.2. The number of rotatable bonds is 5. The van der Waals surface area contributed by atoms with Crippen LogP contribution in [0.2, 0.25) is 0 Å². The highest BCUT2D eigenvalue weighted by Gasteiger charge is 2.25. The molecule has 0 unspecified atom stereocenters. The smallest absolute Gasteiger partial charge is 0.225 e. The third-order valence-corrected chi connectivity index (χ3v) is 6.27. The van der Waals surface area contributed by atoms with Crippen LogP contribution in [-0.4, -0.2) is 57.8 Å². The Morgan fingerprint density at radius 2 is 2.03 bits per heavy atom. The Balaban J connectivity index is 0.00000274. The van der Waals surface area contributed by atoms with Crippen LogP contribution in [0, 0.1) is 5.41 Å². The van der Waals surface area contributed by atoms with E-state index in [0.29, 0.717) is 30.7 Å². The Labute approximate surface area is 192 Å². The number of hydrogen-bond acceptors (Lipinski definition) is 8. The molecule has 2 aliphatic rings. The summed E-state index contributed by atoms with van der Waals surface area (Å²) in [6.45, 7) is 2.88. The third kappa shape index (κ3) is 4.63. The zero-order chi connectivity index (χ0) is 22.6. The first kappa shape index (κ1) is 21.3. The molecule has 0 atom stereocenters. The summed E-state index contributed by atoms with van der Waals surface area (Å²) >= 11 is 0. The molecule has 0 aromatic carbocycles. The van der Waals surface area contributed by atoms with Crippen molar-refractivity contribution in [3.63, 3.8) is 0 Å². The van der Waals surface area contributed by atoms with Crippen molar-refractivity contribution in [3.05, 3.63) is 42.6 Å². The molecule has 4 heterocycles. The molecule has 0 amide bonds. The SMILES string of the molecule is N=C(N=NN)c1cnc2cc(N3CCOCC3)nc(OC3CCC(n4ccnc4)CC3)c2c1.[HH]. The molecule has 3 aromatic heterocycles. The molecule has 1 aliphatic heterocycles. The van der Waals surface area contributed by atoms with E-state index in [0.717, 1.165) is 55.5 Å². The molecule has 0 spiro atoms. The number of nitrogens with two attached hydrogens (primary N) is 1. The molecule has 1 aliphatic carbocycles. The lowest BCUT2D eigenvalue weighted by Gasteiger charge is -2.31. The van der Waals surface area contributed by atoms with Crippen molar-refractivity contribution >= 4 is 22.6 Å². The molecule has 5 rings (SSSR count). The van der Waals surface area contributed by atoms with Crippen molar-refractivity contribution in [2.45, 2.75) is 37.8 Å². The third-order valence-electron chi connectivity index (χ3n) is 6.27. The Hall–Kier alpha value is -3.60. The van der Waals surface area contributed by atoms with Crippen LogP contribution in [0.25, 0.3) is 10.9 Å². The maximum absolute atomic E-state index is 8.05. The standard InChI is InChI=1S/C22H27N9O2.H2/c23-21(28-29-24)15-11-18-19(26-13-15)12-20(30-7-9-32-10-8-30)27-22(18)33-17-3-1-16(2-4-17)31-6-5-25-14-31;/h5-6,11-14,16-17H,1-4,7-10H2,(H3,23,24,28);1H. The van der Waals surface area contributed by atoms with Crippen molar-refractivity contribution in [2.75, 3.05) is 31.2 Å². The second-order valence-electron chi connectivity index (χ2n) is 8.30. The minimum atomic E-state index is -0.0593. The van der Waals surface area contributed by atoms with Crippen LogP contribution in [0.1, 0.15) is 38.7 Å². The van der Waals surface area contributed by atoms with Crippen LogP contribution in [0.5, 0.6) is 5.88 Å². The number of aromatic nitrogens is 4. The Morgan fingerprint density at radius 3 is 2.76 bits per heavy atom. The maximum atomic E-state index is 8.05. The van der Waals surface area contributed by atoms with Crippen molar-refractivity contribution in [1.29, 1.82) is 5.41 Å². The maximum Gasteiger partial charge on any atom is 0.225 e. The van der Waals surface area contributed by atoms with Crippen LogP contribution in [-0.2, 0) is 4.74 Å². The molecule has 174 valence electrons. The lowest BCUT2D eigenvalue weighted by molar-refractivity contribution is 0.121. The first-order chi connectivity index (χ1) is 16.2. The van der Waals surface area contributed by atoms with E-state index in [1.165, 1.54) is 0 Å². The second-order valence-corrected chi connectivity index (χ2v) is 8.30. The number of fused-ring (bicyclic) bond motifs is 1. The van der Waals surface area contributed by atoms with Crippen molar-refractivity contribution in [3.8, 4) is 5.88 Å². The summed E-state index contributed by atoms with van der Waals surface area (Å²) in [5, 5.41) is 15.6. The highest BCUT2D eigenvalue weighted by atomic mass is 16.5. The van der Waals surface area contributed by atoms with Gasteiger partial charge in [-0.05, 0) is 31.7 Å². The van der Waals surface area contributed by atoms with Gasteiger partial charge < -0.3 is 24.8 Å². The van der Waals surface area contributed by atoms with Crippen LogP contribution < -0.4 is 15.5 Å². The quantitative estimate of drug-likeness (QED) is 0.200. The van der Waals surface area contributed by atoms with E-state index in [1.807, 2.05) is 30.9 Å². The monoisotopic (exact) mass is 451 g/mol. The van der Waals surface area contributed by atoms with Crippen molar-refractivity contribution in [1.82, 2.24) is 19.5 Å². The van der Waals surface area contributed by atoms with Gasteiger partial charge in [-0.2, -0.15) is 4.98 Å². The zero-order valence-corrected chi connectivity index (χ0v) is 18.3. The molecular formula is C22H29N9O2. The fourth-order valence-corrected chi connectivity index (χ4v) is 4.47. The largest absolute Gasteiger partial charge is 0.474 e. The van der Waals surface area contributed by atoms with E-state index < -0.39 is 0 Å². The van der Waals surface area contributed by atoms with Crippen LogP contribution in [0.4, 0.5) is 5.82 Å². The van der Waals surface area contributed by atoms with Gasteiger partial charge in [-0.25, -0.2) is 4.98 Å². The van der Waals surface area contributed by atoms with E-state index in [9.17, 15) is 0 Å². The molecule has 0 radical (unpaired) electrons. The normalized spacial score (nSPS) is 21.5. The average molecular weight is 452 g/mol. The van der Waals surface area contributed by atoms with Crippen LogP contribution >= 0.6 is 0 Å². The van der Waals surface area contributed by atoms with Crippen LogP contribution in [0.3, 0.4) is 0 Å². The molecule has 3 aromatic rings. The van der Waals surface area contributed by atoms with Gasteiger partial charge in [0.05, 0.1) is 30.4 Å². The minimum absolute atomic E-state index is 0. The van der Waals surface area contributed by atoms with E-state index in [1.54, 1.807) is 6.20 Å². The number of nitrogens with zero attached hydrogens (tertiary/aromatic N) is 7. The highest BCUT2D eigenvalue weighted by Crippen LogP contribution is 2.34. The Morgan fingerprint density at radius 1 is 1.21 bits per heavy atom. The van der Waals surface area contributed by atoms with Gasteiger partial charge >= 0.3 is 0 Å². The number of ether oxygens (including phenoxy) is 2. The number of amidine groups is 1. The summed E-state index contributed by atoms with van der Waals surface area (Å²) < 4.78 is 14.1. The number of morpholine rings is 1. The number of nitrogens with one attached hydrogen (secondary N) is 1. The van der Waals surface area contributed by atoms with Gasteiger partial charge in [0.2, 0.25) is 5.88 Å². The first-order valence-electron chi connectivity index (χ1n) is 11.2. The fourth-order valence-electron chi connectivity index (χ4n) is 4.47. The van der Waals surface area contributed by atoms with Crippen molar-refractivity contribution < 1.29 is 10.9 Å². The Bertz CT molecular complexity index is 1140. The fraction of sp³-hybridized carbons (Fsp3) is 0.455. The number of anilines is 1. The summed E-state index contributed by atoms with van der Waals surface area (Å²) in [6, 6.07) is 4.23. The summed E-state index contributed by atoms with van der Waals surface area (Å²) in [5.74, 6) is 6.42. The van der Waals surface area contributed by atoms with Crippen LogP contribution in [0.15, 0.2) is 47.4 Å². The summed E-state index contributed by atoms with van der Waals surface area (Å²) in [4.78, 5) is 15.8. The lowest BCUT2D eigenvalue weighted by atomic mass is 9.93. The van der Waals surface area contributed by atoms with E-state index >= 15 is 0 Å². The van der Waals surface area contributed by atoms with Gasteiger partial charge in [0.25, 0.3) is 0 Å². The number of pyridine rings is 2. The molecule has 1 saturated carbocycles. The summed E-state index contributed by atoms with van der Waals surface area (Å²) in [7, 11) is 0. The second kappa shape index (κ2) is 9.49. The summed E-state index contributed by atoms with van der Waals surface area (Å²) in [5.41, 5.74) is 1.26. The molecule has 11 nitrogen and oxygen atoms in total. The van der Waals surface area contributed by atoms with Gasteiger partial charge in [0.1, 0.15) is 11.9 Å². The summed E-state index contributed by atoms with van der Waals surface area (Å²) in [6.07, 6.45) is 11.3. The lowest BCUT2D eigenvalue weighted by Crippen LogP contribution is -2.36. The highest BCUT2D eigenvalue weighted by molar-refractivity contribution is 6.00. The molecule has 11 heteroatoms. The van der Waals surface area contributed by atoms with Gasteiger partial charge in [0, 0.05) is 50.8 Å². The number of imidazole rings is 1. The van der Waals surface area contributed by atoms with Crippen molar-refractivity contribution in [2.24, 2.45) is 16.2 Å². The molecule has 1 saturated heterocycles. The molecule has 0 bridgehead atoms. The molecule has 3 N–H and O–H groups in total.